The molecule has 0 aliphatic carbocycles. The molecule has 0 amide bonds. The van der Waals surface area contributed by atoms with Crippen molar-refractivity contribution >= 4 is 11.6 Å². The van der Waals surface area contributed by atoms with Crippen LogP contribution in [0, 0.1) is 5.92 Å². The Bertz CT molecular complexity index is 516. The zero-order valence-electron chi connectivity index (χ0n) is 9.82. The quantitative estimate of drug-likeness (QED) is 0.819. The molecule has 0 N–H and O–H groups in total. The summed E-state index contributed by atoms with van der Waals surface area (Å²) in [6.45, 7) is 3.28. The molecule has 0 saturated heterocycles. The van der Waals surface area contributed by atoms with Gasteiger partial charge >= 0.3 is 0 Å². The second-order valence-corrected chi connectivity index (χ2v) is 5.13. The van der Waals surface area contributed by atoms with Crippen molar-refractivity contribution in [2.45, 2.75) is 32.7 Å². The van der Waals surface area contributed by atoms with Gasteiger partial charge in [0.25, 0.3) is 0 Å². The van der Waals surface area contributed by atoms with Crippen LogP contribution in [-0.2, 0) is 19.4 Å². The van der Waals surface area contributed by atoms with Crippen LogP contribution in [0.4, 0.5) is 0 Å². The standard InChI is InChI=1S/C13H15ClN2O/c1-9-4-5-16-11(7-9)13(14)15-12(16)8-10-3-2-6-17-10/h2-3,6,9H,4-5,7-8H2,1H3. The fourth-order valence-electron chi connectivity index (χ4n) is 2.45. The van der Waals surface area contributed by atoms with Gasteiger partial charge in [-0.15, -0.1) is 0 Å². The Kier molecular flexibility index (Phi) is 2.71. The van der Waals surface area contributed by atoms with Crippen LogP contribution in [0.5, 0.6) is 0 Å². The maximum Gasteiger partial charge on any atom is 0.150 e. The van der Waals surface area contributed by atoms with Crippen LogP contribution in [0.1, 0.15) is 30.6 Å². The van der Waals surface area contributed by atoms with Gasteiger partial charge in [0.1, 0.15) is 11.6 Å². The van der Waals surface area contributed by atoms with E-state index in [4.69, 9.17) is 16.0 Å². The molecule has 1 atom stereocenters. The SMILES string of the molecule is CC1CCn2c(Cc3ccco3)nc(Cl)c2C1. The Hall–Kier alpha value is -1.22. The van der Waals surface area contributed by atoms with Gasteiger partial charge < -0.3 is 8.98 Å². The average Bonchev–Trinajstić information content (AvgIpc) is 2.89. The maximum absolute atomic E-state index is 6.21. The van der Waals surface area contributed by atoms with Crippen LogP contribution in [0.25, 0.3) is 0 Å². The van der Waals surface area contributed by atoms with Gasteiger partial charge in [-0.1, -0.05) is 18.5 Å². The summed E-state index contributed by atoms with van der Waals surface area (Å²) in [4.78, 5) is 4.47. The van der Waals surface area contributed by atoms with Crippen molar-refractivity contribution in [1.29, 1.82) is 0 Å². The number of fused-ring (bicyclic) bond motifs is 1. The summed E-state index contributed by atoms with van der Waals surface area (Å²) >= 11 is 6.21. The molecule has 0 spiro atoms. The van der Waals surface area contributed by atoms with Gasteiger partial charge in [-0.05, 0) is 30.9 Å². The molecule has 3 heterocycles. The van der Waals surface area contributed by atoms with Crippen molar-refractivity contribution in [1.82, 2.24) is 9.55 Å². The largest absolute Gasteiger partial charge is 0.469 e. The minimum absolute atomic E-state index is 0.665. The molecule has 2 aromatic heterocycles. The van der Waals surface area contributed by atoms with Crippen LogP contribution < -0.4 is 0 Å². The van der Waals surface area contributed by atoms with E-state index in [1.54, 1.807) is 6.26 Å². The van der Waals surface area contributed by atoms with Gasteiger partial charge in [-0.25, -0.2) is 4.98 Å². The highest BCUT2D eigenvalue weighted by atomic mass is 35.5. The summed E-state index contributed by atoms with van der Waals surface area (Å²) in [6, 6.07) is 3.88. The zero-order valence-corrected chi connectivity index (χ0v) is 10.6. The van der Waals surface area contributed by atoms with E-state index in [1.807, 2.05) is 12.1 Å². The second-order valence-electron chi connectivity index (χ2n) is 4.77. The molecule has 1 unspecified atom stereocenters. The lowest BCUT2D eigenvalue weighted by Gasteiger charge is -2.21. The van der Waals surface area contributed by atoms with Gasteiger partial charge in [0.2, 0.25) is 0 Å². The summed E-state index contributed by atoms with van der Waals surface area (Å²) in [5.41, 5.74) is 1.19. The van der Waals surface area contributed by atoms with Gasteiger partial charge in [0.15, 0.2) is 5.15 Å². The average molecular weight is 251 g/mol. The van der Waals surface area contributed by atoms with Gasteiger partial charge in [0, 0.05) is 6.54 Å². The van der Waals surface area contributed by atoms with E-state index in [-0.39, 0.29) is 0 Å². The molecular formula is C13H15ClN2O. The first-order chi connectivity index (χ1) is 8.24. The minimum atomic E-state index is 0.665. The second kappa shape index (κ2) is 4.22. The van der Waals surface area contributed by atoms with E-state index >= 15 is 0 Å². The van der Waals surface area contributed by atoms with E-state index in [1.165, 1.54) is 12.1 Å². The Labute approximate surface area is 105 Å². The molecule has 0 radical (unpaired) electrons. The normalized spacial score (nSPS) is 19.3. The molecule has 4 heteroatoms. The monoisotopic (exact) mass is 250 g/mol. The number of aromatic nitrogens is 2. The third kappa shape index (κ3) is 2.00. The summed E-state index contributed by atoms with van der Waals surface area (Å²) < 4.78 is 7.62. The van der Waals surface area contributed by atoms with Crippen LogP contribution in [0.3, 0.4) is 0 Å². The van der Waals surface area contributed by atoms with E-state index in [0.29, 0.717) is 11.1 Å². The lowest BCUT2D eigenvalue weighted by molar-refractivity contribution is 0.407. The van der Waals surface area contributed by atoms with Crippen LogP contribution in [0.15, 0.2) is 22.8 Å². The van der Waals surface area contributed by atoms with Crippen molar-refractivity contribution in [3.05, 3.63) is 40.8 Å². The molecule has 0 aromatic carbocycles. The van der Waals surface area contributed by atoms with Gasteiger partial charge in [0.05, 0.1) is 18.4 Å². The minimum Gasteiger partial charge on any atom is -0.469 e. The summed E-state index contributed by atoms with van der Waals surface area (Å²) in [5, 5.41) is 0.665. The van der Waals surface area contributed by atoms with Crippen molar-refractivity contribution in [2.24, 2.45) is 5.92 Å². The first-order valence-electron chi connectivity index (χ1n) is 6.00. The number of hydrogen-bond acceptors (Lipinski definition) is 2. The van der Waals surface area contributed by atoms with E-state index < -0.39 is 0 Å². The number of hydrogen-bond donors (Lipinski definition) is 0. The molecule has 90 valence electrons. The fourth-order valence-corrected chi connectivity index (χ4v) is 2.73. The third-order valence-corrected chi connectivity index (χ3v) is 3.71. The summed E-state index contributed by atoms with van der Waals surface area (Å²) in [6.07, 6.45) is 4.65. The first-order valence-corrected chi connectivity index (χ1v) is 6.38. The van der Waals surface area contributed by atoms with Crippen molar-refractivity contribution in [2.75, 3.05) is 0 Å². The highest BCUT2D eigenvalue weighted by Crippen LogP contribution is 2.28. The lowest BCUT2D eigenvalue weighted by Crippen LogP contribution is -2.18. The van der Waals surface area contributed by atoms with Crippen LogP contribution in [0.2, 0.25) is 5.15 Å². The molecule has 0 fully saturated rings. The summed E-state index contributed by atoms with van der Waals surface area (Å²) in [7, 11) is 0. The predicted octanol–water partition coefficient (Wildman–Crippen LogP) is 3.30. The lowest BCUT2D eigenvalue weighted by atomic mass is 9.98. The number of rotatable bonds is 2. The number of furan rings is 1. The number of halogens is 1. The van der Waals surface area contributed by atoms with Crippen molar-refractivity contribution < 1.29 is 4.42 Å². The molecular weight excluding hydrogens is 236 g/mol. The van der Waals surface area contributed by atoms with Crippen LogP contribution >= 0.6 is 11.6 Å². The van der Waals surface area contributed by atoms with Crippen molar-refractivity contribution in [3.8, 4) is 0 Å². The molecule has 2 aromatic rings. The third-order valence-electron chi connectivity index (χ3n) is 3.40. The molecule has 0 saturated carbocycles. The van der Waals surface area contributed by atoms with E-state index in [2.05, 4.69) is 16.5 Å². The van der Waals surface area contributed by atoms with Crippen molar-refractivity contribution in [3.63, 3.8) is 0 Å². The molecule has 17 heavy (non-hydrogen) atoms. The molecule has 3 rings (SSSR count). The summed E-state index contributed by atoms with van der Waals surface area (Å²) in [5.74, 6) is 2.66. The molecule has 1 aliphatic heterocycles. The maximum atomic E-state index is 6.21. The van der Waals surface area contributed by atoms with Gasteiger partial charge in [-0.2, -0.15) is 0 Å². The smallest absolute Gasteiger partial charge is 0.150 e. The number of imidazole rings is 1. The van der Waals surface area contributed by atoms with Crippen LogP contribution in [-0.4, -0.2) is 9.55 Å². The zero-order chi connectivity index (χ0) is 11.8. The molecule has 3 nitrogen and oxygen atoms in total. The highest BCUT2D eigenvalue weighted by Gasteiger charge is 2.22. The highest BCUT2D eigenvalue weighted by molar-refractivity contribution is 6.30. The molecule has 1 aliphatic rings. The van der Waals surface area contributed by atoms with Gasteiger partial charge in [-0.3, -0.25) is 0 Å². The Morgan fingerprint density at radius 3 is 3.24 bits per heavy atom. The number of nitrogens with zero attached hydrogens (tertiary/aromatic N) is 2. The first kappa shape index (κ1) is 10.9. The fraction of sp³-hybridized carbons (Fsp3) is 0.462. The predicted molar refractivity (Wildman–Crippen MR) is 66.2 cm³/mol. The van der Waals surface area contributed by atoms with E-state index in [0.717, 1.165) is 31.0 Å². The Morgan fingerprint density at radius 1 is 1.59 bits per heavy atom. The Morgan fingerprint density at radius 2 is 2.47 bits per heavy atom. The van der Waals surface area contributed by atoms with E-state index in [9.17, 15) is 0 Å². The topological polar surface area (TPSA) is 31.0 Å². The molecule has 0 bridgehead atoms. The Balaban J connectivity index is 1.93.